The van der Waals surface area contributed by atoms with Gasteiger partial charge in [0.15, 0.2) is 5.16 Å². The number of hydrogen-bond acceptors (Lipinski definition) is 6. The van der Waals surface area contributed by atoms with Gasteiger partial charge in [0, 0.05) is 6.54 Å². The van der Waals surface area contributed by atoms with E-state index in [1.54, 1.807) is 10.6 Å². The largest absolute Gasteiger partial charge is 0.354 e. The van der Waals surface area contributed by atoms with Crippen LogP contribution in [-0.4, -0.2) is 37.4 Å². The van der Waals surface area contributed by atoms with Gasteiger partial charge in [0.1, 0.15) is 0 Å². The van der Waals surface area contributed by atoms with E-state index in [-0.39, 0.29) is 23.6 Å². The summed E-state index contributed by atoms with van der Waals surface area (Å²) in [5.74, 6) is 0.377. The summed E-state index contributed by atoms with van der Waals surface area (Å²) in [6, 6.07) is 19.0. The number of thioether (sulfide) groups is 1. The molecule has 0 saturated heterocycles. The van der Waals surface area contributed by atoms with Gasteiger partial charge in [-0.25, -0.2) is 0 Å². The Hall–Kier alpha value is -3.64. The van der Waals surface area contributed by atoms with Gasteiger partial charge in [-0.1, -0.05) is 54.2 Å². The van der Waals surface area contributed by atoms with Crippen molar-refractivity contribution in [3.8, 4) is 6.07 Å². The highest BCUT2D eigenvalue weighted by Gasteiger charge is 2.17. The number of aromatic nitrogens is 4. The van der Waals surface area contributed by atoms with Gasteiger partial charge >= 0.3 is 0 Å². The molecule has 2 aromatic carbocycles. The number of nitrogens with zero attached hydrogens (tertiary/aromatic N) is 5. The number of rotatable bonds is 7. The van der Waals surface area contributed by atoms with E-state index in [1.165, 1.54) is 11.8 Å². The molecule has 150 valence electrons. The van der Waals surface area contributed by atoms with E-state index in [9.17, 15) is 9.59 Å². The molecule has 0 aliphatic heterocycles. The summed E-state index contributed by atoms with van der Waals surface area (Å²) in [6.07, 6.45) is 0.265. The van der Waals surface area contributed by atoms with Gasteiger partial charge in [0.25, 0.3) is 5.56 Å². The first kappa shape index (κ1) is 19.7. The molecule has 9 heteroatoms. The smallest absolute Gasteiger partial charge is 0.263 e. The van der Waals surface area contributed by atoms with Crippen LogP contribution in [0.5, 0.6) is 0 Å². The second-order valence-electron chi connectivity index (χ2n) is 6.56. The molecule has 0 aliphatic rings. The molecule has 1 amide bonds. The fraction of sp³-hybridized carbons (Fsp3) is 0.190. The Labute approximate surface area is 176 Å². The number of amides is 1. The number of fused-ring (bicyclic) bond motifs is 3. The third-order valence-electron chi connectivity index (χ3n) is 4.55. The Bertz CT molecular complexity index is 1310. The molecule has 4 aromatic rings. The molecule has 2 aromatic heterocycles. The highest BCUT2D eigenvalue weighted by molar-refractivity contribution is 7.99. The summed E-state index contributed by atoms with van der Waals surface area (Å²) >= 11 is 1.24. The monoisotopic (exact) mass is 418 g/mol. The second-order valence-corrected chi connectivity index (χ2v) is 7.50. The Morgan fingerprint density at radius 1 is 1.10 bits per heavy atom. The van der Waals surface area contributed by atoms with Crippen LogP contribution in [0.25, 0.3) is 16.7 Å². The molecule has 0 unspecified atom stereocenters. The number of benzene rings is 2. The van der Waals surface area contributed by atoms with Crippen molar-refractivity contribution < 1.29 is 4.79 Å². The van der Waals surface area contributed by atoms with Crippen LogP contribution in [0.2, 0.25) is 0 Å². The van der Waals surface area contributed by atoms with E-state index in [4.69, 9.17) is 5.26 Å². The van der Waals surface area contributed by atoms with Crippen LogP contribution in [0.4, 0.5) is 0 Å². The van der Waals surface area contributed by atoms with E-state index >= 15 is 0 Å². The molecule has 0 saturated carbocycles. The van der Waals surface area contributed by atoms with Crippen molar-refractivity contribution in [2.75, 3.05) is 12.3 Å². The quantitative estimate of drug-likeness (QED) is 0.364. The Morgan fingerprint density at radius 3 is 2.67 bits per heavy atom. The number of hydrogen-bond donors (Lipinski definition) is 1. The molecule has 0 radical (unpaired) electrons. The molecule has 0 fully saturated rings. The lowest BCUT2D eigenvalue weighted by Gasteiger charge is -2.11. The minimum absolute atomic E-state index is 0.137. The van der Waals surface area contributed by atoms with E-state index < -0.39 is 0 Å². The number of carbonyl (C=O) groups excluding carboxylic acids is 1. The zero-order chi connectivity index (χ0) is 20.9. The molecule has 0 atom stereocenters. The average Bonchev–Trinajstić information content (AvgIpc) is 3.20. The molecule has 0 aliphatic carbocycles. The zero-order valence-corrected chi connectivity index (χ0v) is 16.8. The van der Waals surface area contributed by atoms with Crippen LogP contribution in [0.3, 0.4) is 0 Å². The van der Waals surface area contributed by atoms with Gasteiger partial charge < -0.3 is 5.32 Å². The molecule has 0 spiro atoms. The van der Waals surface area contributed by atoms with Crippen LogP contribution in [-0.2, 0) is 11.3 Å². The van der Waals surface area contributed by atoms with E-state index in [1.807, 2.05) is 59.0 Å². The number of para-hydroxylation sites is 1. The minimum Gasteiger partial charge on any atom is -0.354 e. The van der Waals surface area contributed by atoms with Crippen molar-refractivity contribution in [2.45, 2.75) is 18.1 Å². The highest BCUT2D eigenvalue weighted by atomic mass is 32.2. The lowest BCUT2D eigenvalue weighted by Crippen LogP contribution is -2.26. The van der Waals surface area contributed by atoms with Gasteiger partial charge in [0.2, 0.25) is 11.7 Å². The first-order valence-corrected chi connectivity index (χ1v) is 10.3. The second kappa shape index (κ2) is 8.80. The lowest BCUT2D eigenvalue weighted by molar-refractivity contribution is -0.118. The van der Waals surface area contributed by atoms with E-state index in [2.05, 4.69) is 15.5 Å². The number of nitrogens with one attached hydrogen (secondary N) is 1. The predicted octanol–water partition coefficient (Wildman–Crippen LogP) is 2.21. The molecule has 4 rings (SSSR count). The van der Waals surface area contributed by atoms with Crippen molar-refractivity contribution >= 4 is 34.3 Å². The molecule has 30 heavy (non-hydrogen) atoms. The van der Waals surface area contributed by atoms with Crippen LogP contribution in [0.1, 0.15) is 12.0 Å². The van der Waals surface area contributed by atoms with Gasteiger partial charge in [-0.2, -0.15) is 5.26 Å². The summed E-state index contributed by atoms with van der Waals surface area (Å²) in [5, 5.41) is 20.8. The maximum Gasteiger partial charge on any atom is 0.263 e. The zero-order valence-electron chi connectivity index (χ0n) is 16.0. The summed E-state index contributed by atoms with van der Waals surface area (Å²) in [7, 11) is 0. The van der Waals surface area contributed by atoms with Crippen LogP contribution < -0.4 is 10.9 Å². The van der Waals surface area contributed by atoms with E-state index in [0.29, 0.717) is 34.9 Å². The lowest BCUT2D eigenvalue weighted by atomic mass is 10.2. The van der Waals surface area contributed by atoms with Gasteiger partial charge in [-0.15, -0.1) is 10.2 Å². The first-order chi connectivity index (χ1) is 14.7. The predicted molar refractivity (Wildman–Crippen MR) is 114 cm³/mol. The summed E-state index contributed by atoms with van der Waals surface area (Å²) < 4.78 is 3.41. The van der Waals surface area contributed by atoms with Crippen LogP contribution in [0.15, 0.2) is 64.5 Å². The average molecular weight is 418 g/mol. The Morgan fingerprint density at radius 2 is 1.87 bits per heavy atom. The van der Waals surface area contributed by atoms with Crippen molar-refractivity contribution in [3.05, 3.63) is 70.5 Å². The first-order valence-electron chi connectivity index (χ1n) is 9.36. The minimum atomic E-state index is -0.186. The third kappa shape index (κ3) is 3.90. The number of carbonyl (C=O) groups is 1. The van der Waals surface area contributed by atoms with Crippen molar-refractivity contribution in [1.82, 2.24) is 24.5 Å². The van der Waals surface area contributed by atoms with Crippen molar-refractivity contribution in [1.29, 1.82) is 5.26 Å². The third-order valence-corrected chi connectivity index (χ3v) is 5.48. The molecule has 2 heterocycles. The maximum atomic E-state index is 13.2. The summed E-state index contributed by atoms with van der Waals surface area (Å²) in [5.41, 5.74) is 1.53. The molecule has 0 bridgehead atoms. The van der Waals surface area contributed by atoms with Crippen LogP contribution >= 0.6 is 11.8 Å². The Balaban J connectivity index is 1.74. The van der Waals surface area contributed by atoms with E-state index in [0.717, 1.165) is 5.56 Å². The van der Waals surface area contributed by atoms with Crippen LogP contribution in [0, 0.1) is 11.3 Å². The molecular weight excluding hydrogens is 400 g/mol. The standard InChI is InChI=1S/C21H18N6O2S/c22-11-6-12-23-18(28)14-30-21-25-24-20-26(13-15-7-2-1-3-8-15)19(29)16-9-4-5-10-17(16)27(20)21/h1-5,7-10H,6,12-14H2,(H,23,28). The molecule has 8 nitrogen and oxygen atoms in total. The SMILES string of the molecule is N#CCCNC(=O)CSc1nnc2n(Cc3ccccc3)c(=O)c3ccccc3n12. The van der Waals surface area contributed by atoms with Gasteiger partial charge in [-0.3, -0.25) is 18.6 Å². The Kier molecular flexibility index (Phi) is 5.77. The normalized spacial score (nSPS) is 10.9. The fourth-order valence-corrected chi connectivity index (χ4v) is 3.94. The fourth-order valence-electron chi connectivity index (χ4n) is 3.17. The summed E-state index contributed by atoms with van der Waals surface area (Å²) in [4.78, 5) is 25.2. The summed E-state index contributed by atoms with van der Waals surface area (Å²) in [6.45, 7) is 0.682. The topological polar surface area (TPSA) is 105 Å². The van der Waals surface area contributed by atoms with Crippen molar-refractivity contribution in [2.24, 2.45) is 0 Å². The van der Waals surface area contributed by atoms with Gasteiger partial charge in [-0.05, 0) is 17.7 Å². The van der Waals surface area contributed by atoms with Gasteiger partial charge in [0.05, 0.1) is 35.7 Å². The molecular formula is C21H18N6O2S. The maximum absolute atomic E-state index is 13.2. The number of nitriles is 1. The van der Waals surface area contributed by atoms with Crippen molar-refractivity contribution in [3.63, 3.8) is 0 Å². The molecule has 1 N–H and O–H groups in total. The highest BCUT2D eigenvalue weighted by Crippen LogP contribution is 2.21.